The Bertz CT molecular complexity index is 709. The highest BCUT2D eigenvalue weighted by atomic mass is 32.2. The Labute approximate surface area is 149 Å². The van der Waals surface area contributed by atoms with Crippen LogP contribution >= 0.6 is 0 Å². The summed E-state index contributed by atoms with van der Waals surface area (Å²) in [6, 6.07) is 1.88. The van der Waals surface area contributed by atoms with Crippen molar-refractivity contribution >= 4 is 15.9 Å². The van der Waals surface area contributed by atoms with Crippen LogP contribution in [-0.2, 0) is 34.5 Å². The molecule has 2 aliphatic heterocycles. The zero-order chi connectivity index (χ0) is 17.9. The molecule has 0 radical (unpaired) electrons. The molecule has 0 saturated carbocycles. The van der Waals surface area contributed by atoms with E-state index in [1.165, 1.54) is 23.4 Å². The predicted molar refractivity (Wildman–Crippen MR) is 94.2 cm³/mol. The monoisotopic (exact) mass is 369 g/mol. The average Bonchev–Trinajstić information content (AvgIpc) is 3.20. The second kappa shape index (κ2) is 7.84. The molecular weight excluding hydrogens is 342 g/mol. The first-order chi connectivity index (χ1) is 11.9. The van der Waals surface area contributed by atoms with E-state index in [-0.39, 0.29) is 5.91 Å². The van der Waals surface area contributed by atoms with Gasteiger partial charge in [-0.3, -0.25) is 9.48 Å². The van der Waals surface area contributed by atoms with Crippen LogP contribution in [0.2, 0.25) is 0 Å². The Hall–Kier alpha value is -1.45. The molecule has 1 aromatic rings. The van der Waals surface area contributed by atoms with Crippen LogP contribution in [0.5, 0.6) is 0 Å². The van der Waals surface area contributed by atoms with Crippen LogP contribution in [0.4, 0.5) is 0 Å². The molecule has 25 heavy (non-hydrogen) atoms. The highest BCUT2D eigenvalue weighted by Gasteiger charge is 2.24. The lowest BCUT2D eigenvalue weighted by Gasteiger charge is -2.25. The van der Waals surface area contributed by atoms with Crippen molar-refractivity contribution < 1.29 is 13.2 Å². The molecular formula is C16H27N5O3S. The van der Waals surface area contributed by atoms with Crippen molar-refractivity contribution in [2.24, 2.45) is 0 Å². The summed E-state index contributed by atoms with van der Waals surface area (Å²) in [5.74, 6) is 0.0444. The number of fused-ring (bicyclic) bond motifs is 1. The minimum absolute atomic E-state index is 0.0444. The van der Waals surface area contributed by atoms with E-state index in [2.05, 4.69) is 15.3 Å². The molecule has 0 aromatic carbocycles. The predicted octanol–water partition coefficient (Wildman–Crippen LogP) is 0.151. The number of likely N-dealkylation sites (tertiary alicyclic amines) is 1. The second-order valence-electron chi connectivity index (χ2n) is 6.88. The zero-order valence-electron chi connectivity index (χ0n) is 14.8. The number of carbonyl (C=O) groups excluding carboxylic acids is 1. The fraction of sp³-hybridized carbons (Fsp3) is 0.750. The standard InChI is InChI=1S/C16H27N5O3S/c1-25(23,24)20-9-10-21-15(13-20)11-14(18-21)12-17-16(22)5-4-8-19-6-2-3-7-19/h11H,2-10,12-13H2,1H3,(H,17,22). The molecule has 140 valence electrons. The number of sulfonamides is 1. The Kier molecular flexibility index (Phi) is 5.75. The van der Waals surface area contributed by atoms with Gasteiger partial charge < -0.3 is 10.2 Å². The number of rotatable bonds is 7. The molecule has 2 aliphatic rings. The minimum atomic E-state index is -3.18. The average molecular weight is 369 g/mol. The topological polar surface area (TPSA) is 87.5 Å². The van der Waals surface area contributed by atoms with Crippen LogP contribution in [0.3, 0.4) is 0 Å². The Morgan fingerprint density at radius 2 is 2.00 bits per heavy atom. The van der Waals surface area contributed by atoms with Gasteiger partial charge in [0.05, 0.1) is 37.3 Å². The van der Waals surface area contributed by atoms with Crippen LogP contribution < -0.4 is 5.32 Å². The highest BCUT2D eigenvalue weighted by molar-refractivity contribution is 7.88. The summed E-state index contributed by atoms with van der Waals surface area (Å²) in [5, 5.41) is 7.36. The molecule has 1 saturated heterocycles. The zero-order valence-corrected chi connectivity index (χ0v) is 15.6. The van der Waals surface area contributed by atoms with Crippen molar-refractivity contribution in [1.29, 1.82) is 0 Å². The molecule has 1 fully saturated rings. The maximum absolute atomic E-state index is 12.0. The number of amides is 1. The molecule has 8 nitrogen and oxygen atoms in total. The summed E-state index contributed by atoms with van der Waals surface area (Å²) < 4.78 is 26.6. The van der Waals surface area contributed by atoms with E-state index < -0.39 is 10.0 Å². The first-order valence-electron chi connectivity index (χ1n) is 8.91. The van der Waals surface area contributed by atoms with Gasteiger partial charge in [-0.15, -0.1) is 0 Å². The molecule has 1 aromatic heterocycles. The molecule has 0 aliphatic carbocycles. The van der Waals surface area contributed by atoms with E-state index in [0.29, 0.717) is 32.6 Å². The van der Waals surface area contributed by atoms with Crippen molar-refractivity contribution in [3.8, 4) is 0 Å². The molecule has 0 unspecified atom stereocenters. The Balaban J connectivity index is 1.43. The summed E-state index contributed by atoms with van der Waals surface area (Å²) in [6.45, 7) is 5.03. The third-order valence-electron chi connectivity index (χ3n) is 4.83. The number of hydrogen-bond acceptors (Lipinski definition) is 5. The van der Waals surface area contributed by atoms with Crippen molar-refractivity contribution in [2.75, 3.05) is 32.4 Å². The number of hydrogen-bond donors (Lipinski definition) is 1. The molecule has 3 heterocycles. The lowest BCUT2D eigenvalue weighted by atomic mass is 10.2. The number of nitrogens with one attached hydrogen (secondary N) is 1. The molecule has 1 N–H and O–H groups in total. The number of carbonyl (C=O) groups is 1. The molecule has 0 atom stereocenters. The van der Waals surface area contributed by atoms with Crippen molar-refractivity contribution in [3.05, 3.63) is 17.5 Å². The van der Waals surface area contributed by atoms with Crippen molar-refractivity contribution in [2.45, 2.75) is 45.3 Å². The lowest BCUT2D eigenvalue weighted by molar-refractivity contribution is -0.121. The third kappa shape index (κ3) is 5.02. The molecule has 0 bridgehead atoms. The van der Waals surface area contributed by atoms with Crippen LogP contribution in [0, 0.1) is 0 Å². The van der Waals surface area contributed by atoms with Gasteiger partial charge in [0, 0.05) is 13.0 Å². The number of nitrogens with zero attached hydrogens (tertiary/aromatic N) is 4. The van der Waals surface area contributed by atoms with E-state index >= 15 is 0 Å². The Morgan fingerprint density at radius 3 is 2.72 bits per heavy atom. The quantitative estimate of drug-likeness (QED) is 0.739. The fourth-order valence-corrected chi connectivity index (χ4v) is 4.20. The third-order valence-corrected chi connectivity index (χ3v) is 6.08. The lowest BCUT2D eigenvalue weighted by Crippen LogP contribution is -2.37. The minimum Gasteiger partial charge on any atom is -0.350 e. The summed E-state index contributed by atoms with van der Waals surface area (Å²) in [7, 11) is -3.18. The van der Waals surface area contributed by atoms with E-state index in [9.17, 15) is 13.2 Å². The van der Waals surface area contributed by atoms with Crippen molar-refractivity contribution in [3.63, 3.8) is 0 Å². The van der Waals surface area contributed by atoms with Crippen LogP contribution in [0.25, 0.3) is 0 Å². The van der Waals surface area contributed by atoms with Gasteiger partial charge in [0.2, 0.25) is 15.9 Å². The molecule has 0 spiro atoms. The smallest absolute Gasteiger partial charge is 0.220 e. The van der Waals surface area contributed by atoms with Crippen LogP contribution in [-0.4, -0.2) is 65.7 Å². The molecule has 3 rings (SSSR count). The molecule has 1 amide bonds. The van der Waals surface area contributed by atoms with E-state index in [4.69, 9.17) is 0 Å². The van der Waals surface area contributed by atoms with Crippen LogP contribution in [0.1, 0.15) is 37.1 Å². The second-order valence-corrected chi connectivity index (χ2v) is 8.86. The van der Waals surface area contributed by atoms with E-state index in [1.54, 1.807) is 0 Å². The SMILES string of the molecule is CS(=O)(=O)N1CCn2nc(CNC(=O)CCCN3CCCC3)cc2C1. The maximum atomic E-state index is 12.0. The number of aromatic nitrogens is 2. The normalized spacial score (nSPS) is 19.1. The van der Waals surface area contributed by atoms with Gasteiger partial charge in [0.1, 0.15) is 0 Å². The first kappa shape index (κ1) is 18.3. The summed E-state index contributed by atoms with van der Waals surface area (Å²) in [4.78, 5) is 14.4. The van der Waals surface area contributed by atoms with Gasteiger partial charge in [0.15, 0.2) is 0 Å². The van der Waals surface area contributed by atoms with Gasteiger partial charge in [-0.05, 0) is 45.0 Å². The van der Waals surface area contributed by atoms with Gasteiger partial charge in [0.25, 0.3) is 0 Å². The molecule has 9 heteroatoms. The van der Waals surface area contributed by atoms with Gasteiger partial charge in [-0.2, -0.15) is 9.40 Å². The van der Waals surface area contributed by atoms with Crippen molar-refractivity contribution in [1.82, 2.24) is 24.3 Å². The van der Waals surface area contributed by atoms with E-state index in [0.717, 1.165) is 37.4 Å². The first-order valence-corrected chi connectivity index (χ1v) is 10.8. The summed E-state index contributed by atoms with van der Waals surface area (Å²) >= 11 is 0. The van der Waals surface area contributed by atoms with E-state index in [1.807, 2.05) is 10.7 Å². The van der Waals surface area contributed by atoms with Gasteiger partial charge >= 0.3 is 0 Å². The van der Waals surface area contributed by atoms with Crippen LogP contribution in [0.15, 0.2) is 6.07 Å². The van der Waals surface area contributed by atoms with Gasteiger partial charge in [-0.1, -0.05) is 0 Å². The Morgan fingerprint density at radius 1 is 1.24 bits per heavy atom. The van der Waals surface area contributed by atoms with Gasteiger partial charge in [-0.25, -0.2) is 8.42 Å². The maximum Gasteiger partial charge on any atom is 0.220 e. The summed E-state index contributed by atoms with van der Waals surface area (Å²) in [6.07, 6.45) is 5.19. The fourth-order valence-electron chi connectivity index (χ4n) is 3.42. The largest absolute Gasteiger partial charge is 0.350 e. The highest BCUT2D eigenvalue weighted by Crippen LogP contribution is 2.16. The summed E-state index contributed by atoms with van der Waals surface area (Å²) in [5.41, 5.74) is 1.65.